The lowest BCUT2D eigenvalue weighted by atomic mass is 10.2. The van der Waals surface area contributed by atoms with E-state index in [9.17, 15) is 9.59 Å². The highest BCUT2D eigenvalue weighted by atomic mass is 16.4. The van der Waals surface area contributed by atoms with Crippen molar-refractivity contribution >= 4 is 12.0 Å². The third-order valence-corrected chi connectivity index (χ3v) is 2.17. The minimum Gasteiger partial charge on any atom is -0.480 e. The maximum Gasteiger partial charge on any atom is 0.323 e. The van der Waals surface area contributed by atoms with Crippen molar-refractivity contribution in [3.63, 3.8) is 0 Å². The van der Waals surface area contributed by atoms with Crippen molar-refractivity contribution in [1.29, 1.82) is 0 Å². The smallest absolute Gasteiger partial charge is 0.323 e. The van der Waals surface area contributed by atoms with Gasteiger partial charge in [-0.3, -0.25) is 4.79 Å². The van der Waals surface area contributed by atoms with Crippen molar-refractivity contribution in [2.45, 2.75) is 46.2 Å². The van der Waals surface area contributed by atoms with E-state index in [1.54, 1.807) is 13.8 Å². The van der Waals surface area contributed by atoms with Gasteiger partial charge in [-0.1, -0.05) is 6.92 Å². The average molecular weight is 216 g/mol. The standard InChI is InChI=1S/C10H20N2O3/c1-5-8(4)11-10(15)12(7(2)3)6-9(13)14/h7-8H,5-6H2,1-4H3,(H,11,15)(H,13,14). The third kappa shape index (κ3) is 5.24. The number of nitrogens with one attached hydrogen (secondary N) is 1. The first-order valence-electron chi connectivity index (χ1n) is 5.17. The number of rotatable bonds is 5. The Hall–Kier alpha value is -1.26. The van der Waals surface area contributed by atoms with Crippen LogP contribution in [-0.4, -0.2) is 40.6 Å². The zero-order chi connectivity index (χ0) is 12.0. The Morgan fingerprint density at radius 1 is 1.33 bits per heavy atom. The van der Waals surface area contributed by atoms with E-state index in [1.165, 1.54) is 4.90 Å². The van der Waals surface area contributed by atoms with Crippen molar-refractivity contribution in [3.05, 3.63) is 0 Å². The Morgan fingerprint density at radius 3 is 2.20 bits per heavy atom. The van der Waals surface area contributed by atoms with Crippen LogP contribution in [0.3, 0.4) is 0 Å². The first-order valence-corrected chi connectivity index (χ1v) is 5.17. The van der Waals surface area contributed by atoms with Crippen LogP contribution in [0.1, 0.15) is 34.1 Å². The summed E-state index contributed by atoms with van der Waals surface area (Å²) < 4.78 is 0. The summed E-state index contributed by atoms with van der Waals surface area (Å²) in [7, 11) is 0. The van der Waals surface area contributed by atoms with E-state index in [0.717, 1.165) is 6.42 Å². The second kappa shape index (κ2) is 6.27. The van der Waals surface area contributed by atoms with E-state index in [1.807, 2.05) is 13.8 Å². The van der Waals surface area contributed by atoms with Gasteiger partial charge in [-0.2, -0.15) is 0 Å². The normalized spacial score (nSPS) is 12.3. The fourth-order valence-corrected chi connectivity index (χ4v) is 1.03. The van der Waals surface area contributed by atoms with Crippen molar-refractivity contribution in [2.24, 2.45) is 0 Å². The lowest BCUT2D eigenvalue weighted by Crippen LogP contribution is -2.48. The summed E-state index contributed by atoms with van der Waals surface area (Å²) in [5.41, 5.74) is 0. The molecule has 2 N–H and O–H groups in total. The first kappa shape index (κ1) is 13.7. The van der Waals surface area contributed by atoms with E-state index in [0.29, 0.717) is 0 Å². The van der Waals surface area contributed by atoms with Gasteiger partial charge >= 0.3 is 12.0 Å². The van der Waals surface area contributed by atoms with Gasteiger partial charge in [0.25, 0.3) is 0 Å². The number of hydrogen-bond donors (Lipinski definition) is 2. The van der Waals surface area contributed by atoms with Gasteiger partial charge < -0.3 is 15.3 Å². The molecule has 0 aliphatic rings. The lowest BCUT2D eigenvalue weighted by Gasteiger charge is -2.26. The Kier molecular flexibility index (Phi) is 5.74. The highest BCUT2D eigenvalue weighted by Crippen LogP contribution is 2.00. The molecule has 1 unspecified atom stereocenters. The summed E-state index contributed by atoms with van der Waals surface area (Å²) in [6, 6.07) is -0.376. The first-order chi connectivity index (χ1) is 6.88. The molecule has 88 valence electrons. The molecule has 0 aromatic carbocycles. The quantitative estimate of drug-likeness (QED) is 0.727. The van der Waals surface area contributed by atoms with E-state index in [-0.39, 0.29) is 24.7 Å². The fraction of sp³-hybridized carbons (Fsp3) is 0.800. The van der Waals surface area contributed by atoms with Crippen LogP contribution in [0.15, 0.2) is 0 Å². The highest BCUT2D eigenvalue weighted by molar-refractivity contribution is 5.80. The molecular formula is C10H20N2O3. The third-order valence-electron chi connectivity index (χ3n) is 2.17. The van der Waals surface area contributed by atoms with Gasteiger partial charge in [-0.25, -0.2) is 4.79 Å². The molecule has 5 heteroatoms. The van der Waals surface area contributed by atoms with E-state index >= 15 is 0 Å². The maximum atomic E-state index is 11.6. The largest absolute Gasteiger partial charge is 0.480 e. The molecule has 15 heavy (non-hydrogen) atoms. The molecule has 0 spiro atoms. The minimum atomic E-state index is -0.997. The van der Waals surface area contributed by atoms with Crippen LogP contribution in [0.2, 0.25) is 0 Å². The number of hydrogen-bond acceptors (Lipinski definition) is 2. The Bertz CT molecular complexity index is 229. The number of aliphatic carboxylic acids is 1. The molecule has 0 saturated heterocycles. The molecule has 0 saturated carbocycles. The summed E-state index contributed by atoms with van der Waals surface area (Å²) in [5, 5.41) is 11.4. The molecule has 0 aliphatic carbocycles. The van der Waals surface area contributed by atoms with Crippen LogP contribution < -0.4 is 5.32 Å². The molecule has 0 aliphatic heterocycles. The zero-order valence-electron chi connectivity index (χ0n) is 9.78. The van der Waals surface area contributed by atoms with Gasteiger partial charge in [0.15, 0.2) is 0 Å². The SMILES string of the molecule is CCC(C)NC(=O)N(CC(=O)O)C(C)C. The number of carboxylic acid groups (broad SMARTS) is 1. The summed E-state index contributed by atoms with van der Waals surface area (Å²) >= 11 is 0. The predicted molar refractivity (Wildman–Crippen MR) is 57.8 cm³/mol. The Balaban J connectivity index is 4.35. The van der Waals surface area contributed by atoms with Gasteiger partial charge in [-0.05, 0) is 27.2 Å². The van der Waals surface area contributed by atoms with Gasteiger partial charge in [0.1, 0.15) is 6.54 Å². The Morgan fingerprint density at radius 2 is 1.87 bits per heavy atom. The van der Waals surface area contributed by atoms with Gasteiger partial charge in [0.05, 0.1) is 0 Å². The fourth-order valence-electron chi connectivity index (χ4n) is 1.03. The number of carbonyl (C=O) groups excluding carboxylic acids is 1. The predicted octanol–water partition coefficient (Wildman–Crippen LogP) is 1.29. The number of carbonyl (C=O) groups is 2. The van der Waals surface area contributed by atoms with Gasteiger partial charge in [0, 0.05) is 12.1 Å². The Labute approximate surface area is 90.5 Å². The molecule has 0 radical (unpaired) electrons. The highest BCUT2D eigenvalue weighted by Gasteiger charge is 2.20. The molecule has 2 amide bonds. The molecule has 1 atom stereocenters. The van der Waals surface area contributed by atoms with Crippen LogP contribution in [0.4, 0.5) is 4.79 Å². The van der Waals surface area contributed by atoms with E-state index < -0.39 is 5.97 Å². The number of amides is 2. The van der Waals surface area contributed by atoms with Crippen LogP contribution in [0, 0.1) is 0 Å². The van der Waals surface area contributed by atoms with Crippen LogP contribution in [0.5, 0.6) is 0 Å². The molecule has 0 bridgehead atoms. The monoisotopic (exact) mass is 216 g/mol. The second-order valence-corrected chi connectivity index (χ2v) is 3.87. The van der Waals surface area contributed by atoms with Gasteiger partial charge in [-0.15, -0.1) is 0 Å². The summed E-state index contributed by atoms with van der Waals surface area (Å²) in [6.07, 6.45) is 0.824. The topological polar surface area (TPSA) is 69.6 Å². The van der Waals surface area contributed by atoms with Crippen LogP contribution in [0.25, 0.3) is 0 Å². The molecule has 0 rings (SSSR count). The number of urea groups is 1. The van der Waals surface area contributed by atoms with Crippen LogP contribution in [-0.2, 0) is 4.79 Å². The molecule has 5 nitrogen and oxygen atoms in total. The minimum absolute atomic E-state index is 0.0625. The molecule has 0 fully saturated rings. The summed E-state index contributed by atoms with van der Waals surface area (Å²) in [4.78, 5) is 23.5. The van der Waals surface area contributed by atoms with Crippen molar-refractivity contribution in [3.8, 4) is 0 Å². The lowest BCUT2D eigenvalue weighted by molar-refractivity contribution is -0.138. The van der Waals surface area contributed by atoms with Crippen molar-refractivity contribution in [2.75, 3.05) is 6.54 Å². The van der Waals surface area contributed by atoms with E-state index in [4.69, 9.17) is 5.11 Å². The number of carboxylic acids is 1. The van der Waals surface area contributed by atoms with Crippen molar-refractivity contribution < 1.29 is 14.7 Å². The van der Waals surface area contributed by atoms with E-state index in [2.05, 4.69) is 5.32 Å². The maximum absolute atomic E-state index is 11.6. The summed E-state index contributed by atoms with van der Waals surface area (Å²) in [6.45, 7) is 7.16. The summed E-state index contributed by atoms with van der Waals surface area (Å²) in [5.74, 6) is -0.997. The van der Waals surface area contributed by atoms with Crippen molar-refractivity contribution in [1.82, 2.24) is 10.2 Å². The zero-order valence-corrected chi connectivity index (χ0v) is 9.78. The van der Waals surface area contributed by atoms with Crippen LogP contribution >= 0.6 is 0 Å². The molecular weight excluding hydrogens is 196 g/mol. The molecule has 0 heterocycles. The average Bonchev–Trinajstić information content (AvgIpc) is 2.12. The molecule has 0 aromatic rings. The number of nitrogens with zero attached hydrogens (tertiary/aromatic N) is 1. The van der Waals surface area contributed by atoms with Gasteiger partial charge in [0.2, 0.25) is 0 Å². The second-order valence-electron chi connectivity index (χ2n) is 3.87. The molecule has 0 aromatic heterocycles.